The third kappa shape index (κ3) is 5.28. The van der Waals surface area contributed by atoms with Crippen LogP contribution in [0.1, 0.15) is 21.5 Å². The first-order chi connectivity index (χ1) is 17.0. The van der Waals surface area contributed by atoms with Crippen LogP contribution in [0, 0.1) is 0 Å². The number of nitrogens with zero attached hydrogens (tertiary/aromatic N) is 1. The molecule has 2 N–H and O–H groups in total. The zero-order valence-corrected chi connectivity index (χ0v) is 19.7. The van der Waals surface area contributed by atoms with Crippen LogP contribution in [-0.2, 0) is 4.79 Å². The maximum atomic E-state index is 13.0. The van der Waals surface area contributed by atoms with Crippen LogP contribution in [-0.4, -0.2) is 31.6 Å². The molecule has 35 heavy (non-hydrogen) atoms. The lowest BCUT2D eigenvalue weighted by atomic mass is 10.1. The van der Waals surface area contributed by atoms with Gasteiger partial charge >= 0.3 is 0 Å². The van der Waals surface area contributed by atoms with Gasteiger partial charge in [-0.05, 0) is 71.8 Å². The second-order valence-electron chi connectivity index (χ2n) is 7.44. The normalized spacial score (nSPS) is 13.7. The third-order valence-electron chi connectivity index (χ3n) is 5.08. The molecule has 0 spiro atoms. The summed E-state index contributed by atoms with van der Waals surface area (Å²) in [6.07, 6.45) is 3.00. The standard InChI is InChI=1S/C25H18BrN3O6/c26-18-5-3-17(4-6-18)24(30)28-19(9-15-1-7-20-22(10-15)34-13-32-20)25(31)29-27-12-16-2-8-21-23(11-16)35-14-33-21/h1-12H,13-14H2,(H,28,30)(H,29,31)/b19-9+,27-12+. The van der Waals surface area contributed by atoms with Crippen LogP contribution in [0.15, 0.2) is 75.9 Å². The Labute approximate surface area is 208 Å². The molecule has 10 heteroatoms. The number of ether oxygens (including phenoxy) is 4. The van der Waals surface area contributed by atoms with Gasteiger partial charge in [0.25, 0.3) is 11.8 Å². The fraction of sp³-hybridized carbons (Fsp3) is 0.0800. The highest BCUT2D eigenvalue weighted by molar-refractivity contribution is 9.10. The van der Waals surface area contributed by atoms with E-state index in [4.69, 9.17) is 18.9 Å². The molecule has 5 rings (SSSR count). The van der Waals surface area contributed by atoms with Gasteiger partial charge in [-0.2, -0.15) is 5.10 Å². The van der Waals surface area contributed by atoms with Gasteiger partial charge in [-0.25, -0.2) is 5.43 Å². The molecule has 0 unspecified atom stereocenters. The van der Waals surface area contributed by atoms with Crippen molar-refractivity contribution in [3.8, 4) is 23.0 Å². The molecular formula is C25H18BrN3O6. The minimum absolute atomic E-state index is 0.000351. The van der Waals surface area contributed by atoms with Crippen molar-refractivity contribution in [1.82, 2.24) is 10.7 Å². The molecule has 2 amide bonds. The van der Waals surface area contributed by atoms with Gasteiger partial charge in [-0.1, -0.05) is 22.0 Å². The highest BCUT2D eigenvalue weighted by Crippen LogP contribution is 2.33. The molecule has 9 nitrogen and oxygen atoms in total. The second-order valence-corrected chi connectivity index (χ2v) is 8.36. The van der Waals surface area contributed by atoms with E-state index in [0.29, 0.717) is 39.7 Å². The summed E-state index contributed by atoms with van der Waals surface area (Å²) in [7, 11) is 0. The van der Waals surface area contributed by atoms with Gasteiger partial charge in [0.2, 0.25) is 13.6 Å². The summed E-state index contributed by atoms with van der Waals surface area (Å²) in [5.74, 6) is 1.37. The molecule has 2 aliphatic rings. The van der Waals surface area contributed by atoms with Gasteiger partial charge in [0.15, 0.2) is 23.0 Å². The van der Waals surface area contributed by atoms with Crippen molar-refractivity contribution in [2.75, 3.05) is 13.6 Å². The average Bonchev–Trinajstić information content (AvgIpc) is 3.52. The van der Waals surface area contributed by atoms with Crippen molar-refractivity contribution in [1.29, 1.82) is 0 Å². The Morgan fingerprint density at radius 1 is 0.800 bits per heavy atom. The average molecular weight is 536 g/mol. The van der Waals surface area contributed by atoms with Gasteiger partial charge in [0.1, 0.15) is 5.70 Å². The molecule has 0 aliphatic carbocycles. The molecule has 2 aliphatic heterocycles. The van der Waals surface area contributed by atoms with Crippen molar-refractivity contribution < 1.29 is 28.5 Å². The van der Waals surface area contributed by atoms with E-state index < -0.39 is 11.8 Å². The molecule has 176 valence electrons. The Hall–Kier alpha value is -4.31. The molecule has 0 bridgehead atoms. The SMILES string of the molecule is O=C(N/N=C/c1ccc2c(c1)OCO2)/C(=C\c1ccc2c(c1)OCO2)NC(=O)c1ccc(Br)cc1. The molecule has 0 atom stereocenters. The van der Waals surface area contributed by atoms with Gasteiger partial charge in [0.05, 0.1) is 6.21 Å². The van der Waals surface area contributed by atoms with Crippen LogP contribution in [0.25, 0.3) is 6.08 Å². The summed E-state index contributed by atoms with van der Waals surface area (Å²) in [6.45, 7) is 0.295. The number of hydrazone groups is 1. The smallest absolute Gasteiger partial charge is 0.287 e. The maximum Gasteiger partial charge on any atom is 0.287 e. The lowest BCUT2D eigenvalue weighted by molar-refractivity contribution is -0.117. The fourth-order valence-corrected chi connectivity index (χ4v) is 3.61. The van der Waals surface area contributed by atoms with E-state index in [0.717, 1.165) is 4.47 Å². The highest BCUT2D eigenvalue weighted by atomic mass is 79.9. The van der Waals surface area contributed by atoms with Crippen molar-refractivity contribution in [2.24, 2.45) is 5.10 Å². The topological polar surface area (TPSA) is 107 Å². The van der Waals surface area contributed by atoms with E-state index >= 15 is 0 Å². The number of carbonyl (C=O) groups is 2. The van der Waals surface area contributed by atoms with Gasteiger partial charge < -0.3 is 24.3 Å². The quantitative estimate of drug-likeness (QED) is 0.282. The minimum atomic E-state index is -0.606. The Balaban J connectivity index is 1.35. The van der Waals surface area contributed by atoms with Crippen LogP contribution < -0.4 is 29.7 Å². The number of carbonyl (C=O) groups excluding carboxylic acids is 2. The van der Waals surface area contributed by atoms with Gasteiger partial charge in [0, 0.05) is 10.0 Å². The Kier molecular flexibility index (Phi) is 6.36. The summed E-state index contributed by atoms with van der Waals surface area (Å²) in [5.41, 5.74) is 4.18. The van der Waals surface area contributed by atoms with E-state index in [-0.39, 0.29) is 19.3 Å². The first-order valence-corrected chi connectivity index (χ1v) is 11.3. The lowest BCUT2D eigenvalue weighted by Crippen LogP contribution is -2.32. The molecule has 0 aromatic heterocycles. The number of hydrogen-bond acceptors (Lipinski definition) is 7. The van der Waals surface area contributed by atoms with E-state index in [1.54, 1.807) is 60.7 Å². The zero-order valence-electron chi connectivity index (χ0n) is 18.1. The van der Waals surface area contributed by atoms with E-state index in [1.807, 2.05) is 0 Å². The number of halogens is 1. The summed E-state index contributed by atoms with van der Waals surface area (Å²) >= 11 is 3.34. The summed E-state index contributed by atoms with van der Waals surface area (Å²) in [4.78, 5) is 25.8. The van der Waals surface area contributed by atoms with E-state index in [9.17, 15) is 9.59 Å². The van der Waals surface area contributed by atoms with Crippen LogP contribution in [0.5, 0.6) is 23.0 Å². The summed E-state index contributed by atoms with van der Waals surface area (Å²) in [6, 6.07) is 17.3. The molecule has 0 fully saturated rings. The Morgan fingerprint density at radius 3 is 2.09 bits per heavy atom. The van der Waals surface area contributed by atoms with Crippen LogP contribution in [0.2, 0.25) is 0 Å². The molecule has 3 aromatic rings. The zero-order chi connectivity index (χ0) is 24.2. The van der Waals surface area contributed by atoms with E-state index in [2.05, 4.69) is 31.8 Å². The largest absolute Gasteiger partial charge is 0.454 e. The highest BCUT2D eigenvalue weighted by Gasteiger charge is 2.17. The molecule has 0 radical (unpaired) electrons. The van der Waals surface area contributed by atoms with E-state index in [1.165, 1.54) is 12.3 Å². The maximum absolute atomic E-state index is 13.0. The first-order valence-electron chi connectivity index (χ1n) is 10.5. The second kappa shape index (κ2) is 9.90. The lowest BCUT2D eigenvalue weighted by Gasteiger charge is -2.10. The first kappa shape index (κ1) is 22.5. The summed E-state index contributed by atoms with van der Waals surface area (Å²) < 4.78 is 22.2. The number of hydrogen-bond donors (Lipinski definition) is 2. The predicted octanol–water partition coefficient (Wildman–Crippen LogP) is 3.83. The Bertz CT molecular complexity index is 1350. The van der Waals surface area contributed by atoms with Crippen molar-refractivity contribution in [3.63, 3.8) is 0 Å². The van der Waals surface area contributed by atoms with Gasteiger partial charge in [-0.3, -0.25) is 9.59 Å². The molecule has 2 heterocycles. The number of nitrogens with one attached hydrogen (secondary N) is 2. The van der Waals surface area contributed by atoms with Crippen molar-refractivity contribution >= 4 is 40.0 Å². The number of rotatable bonds is 6. The molecule has 3 aromatic carbocycles. The summed E-state index contributed by atoms with van der Waals surface area (Å²) in [5, 5.41) is 6.68. The van der Waals surface area contributed by atoms with Crippen LogP contribution in [0.4, 0.5) is 0 Å². The monoisotopic (exact) mass is 535 g/mol. The predicted molar refractivity (Wildman–Crippen MR) is 130 cm³/mol. The van der Waals surface area contributed by atoms with Crippen molar-refractivity contribution in [3.05, 3.63) is 87.5 Å². The van der Waals surface area contributed by atoms with Gasteiger partial charge in [-0.15, -0.1) is 0 Å². The van der Waals surface area contributed by atoms with Crippen LogP contribution >= 0.6 is 15.9 Å². The number of benzene rings is 3. The number of fused-ring (bicyclic) bond motifs is 2. The fourth-order valence-electron chi connectivity index (χ4n) is 3.34. The third-order valence-corrected chi connectivity index (χ3v) is 5.61. The Morgan fingerprint density at radius 2 is 1.40 bits per heavy atom. The van der Waals surface area contributed by atoms with Crippen LogP contribution in [0.3, 0.4) is 0 Å². The minimum Gasteiger partial charge on any atom is -0.454 e. The number of amides is 2. The molecular weight excluding hydrogens is 518 g/mol. The molecule has 0 saturated heterocycles. The molecule has 0 saturated carbocycles. The van der Waals surface area contributed by atoms with Crippen molar-refractivity contribution in [2.45, 2.75) is 0 Å².